The standard InChI is InChI=1S/C14H19NO/c15-14(16)10-12-8-4-5-9-13(12)11-6-2-1-3-7-11/h4-5,8-9,11H,1-3,6-7,10H2,(H2,15,16). The smallest absolute Gasteiger partial charge is 0.221 e. The number of benzene rings is 1. The van der Waals surface area contributed by atoms with Gasteiger partial charge in [-0.25, -0.2) is 0 Å². The second kappa shape index (κ2) is 5.15. The Morgan fingerprint density at radius 1 is 1.19 bits per heavy atom. The van der Waals surface area contributed by atoms with Crippen molar-refractivity contribution in [2.24, 2.45) is 5.73 Å². The molecular weight excluding hydrogens is 198 g/mol. The van der Waals surface area contributed by atoms with Gasteiger partial charge in [0, 0.05) is 0 Å². The zero-order valence-corrected chi connectivity index (χ0v) is 9.61. The Morgan fingerprint density at radius 3 is 2.56 bits per heavy atom. The largest absolute Gasteiger partial charge is 0.369 e. The molecular formula is C14H19NO. The van der Waals surface area contributed by atoms with Gasteiger partial charge in [0.15, 0.2) is 0 Å². The van der Waals surface area contributed by atoms with Gasteiger partial charge in [-0.15, -0.1) is 0 Å². The van der Waals surface area contributed by atoms with Crippen molar-refractivity contribution in [2.75, 3.05) is 0 Å². The second-order valence-corrected chi connectivity index (χ2v) is 4.68. The molecule has 1 aromatic carbocycles. The molecule has 16 heavy (non-hydrogen) atoms. The molecule has 0 aromatic heterocycles. The van der Waals surface area contributed by atoms with E-state index in [9.17, 15) is 4.79 Å². The molecule has 1 aromatic rings. The highest BCUT2D eigenvalue weighted by Crippen LogP contribution is 2.34. The van der Waals surface area contributed by atoms with Gasteiger partial charge in [-0.2, -0.15) is 0 Å². The summed E-state index contributed by atoms with van der Waals surface area (Å²) in [4.78, 5) is 11.0. The van der Waals surface area contributed by atoms with Crippen molar-refractivity contribution in [1.82, 2.24) is 0 Å². The van der Waals surface area contributed by atoms with E-state index in [-0.39, 0.29) is 5.91 Å². The van der Waals surface area contributed by atoms with E-state index in [1.807, 2.05) is 12.1 Å². The van der Waals surface area contributed by atoms with Crippen molar-refractivity contribution in [3.05, 3.63) is 35.4 Å². The summed E-state index contributed by atoms with van der Waals surface area (Å²) < 4.78 is 0. The molecule has 0 unspecified atom stereocenters. The van der Waals surface area contributed by atoms with E-state index in [1.165, 1.54) is 37.7 Å². The summed E-state index contributed by atoms with van der Waals surface area (Å²) in [6, 6.07) is 8.25. The summed E-state index contributed by atoms with van der Waals surface area (Å²) >= 11 is 0. The number of hydrogen-bond donors (Lipinski definition) is 1. The minimum Gasteiger partial charge on any atom is -0.369 e. The van der Waals surface area contributed by atoms with Crippen LogP contribution in [-0.4, -0.2) is 5.91 Å². The van der Waals surface area contributed by atoms with Crippen molar-refractivity contribution in [3.63, 3.8) is 0 Å². The normalized spacial score (nSPS) is 17.2. The fourth-order valence-electron chi connectivity index (χ4n) is 2.69. The lowest BCUT2D eigenvalue weighted by Crippen LogP contribution is -2.16. The molecule has 1 saturated carbocycles. The van der Waals surface area contributed by atoms with E-state index in [1.54, 1.807) is 0 Å². The van der Waals surface area contributed by atoms with E-state index in [4.69, 9.17) is 5.73 Å². The molecule has 0 saturated heterocycles. The van der Waals surface area contributed by atoms with Crippen molar-refractivity contribution < 1.29 is 4.79 Å². The van der Waals surface area contributed by atoms with Crippen molar-refractivity contribution in [3.8, 4) is 0 Å². The molecule has 0 atom stereocenters. The van der Waals surface area contributed by atoms with E-state index in [0.717, 1.165) is 5.56 Å². The maximum Gasteiger partial charge on any atom is 0.221 e. The van der Waals surface area contributed by atoms with Crippen LogP contribution in [0.3, 0.4) is 0 Å². The van der Waals surface area contributed by atoms with Gasteiger partial charge in [0.05, 0.1) is 6.42 Å². The van der Waals surface area contributed by atoms with Gasteiger partial charge in [0.2, 0.25) is 5.91 Å². The highest BCUT2D eigenvalue weighted by Gasteiger charge is 2.18. The monoisotopic (exact) mass is 217 g/mol. The van der Waals surface area contributed by atoms with Crippen LogP contribution in [0.1, 0.15) is 49.1 Å². The Labute approximate surface area is 96.8 Å². The highest BCUT2D eigenvalue weighted by molar-refractivity contribution is 5.77. The molecule has 0 radical (unpaired) electrons. The Kier molecular flexibility index (Phi) is 3.60. The maximum atomic E-state index is 11.0. The predicted molar refractivity (Wildman–Crippen MR) is 65.2 cm³/mol. The number of rotatable bonds is 3. The molecule has 1 fully saturated rings. The Bertz CT molecular complexity index is 367. The van der Waals surface area contributed by atoms with Gasteiger partial charge in [-0.3, -0.25) is 4.79 Å². The van der Waals surface area contributed by atoms with Gasteiger partial charge in [-0.05, 0) is 29.9 Å². The Hall–Kier alpha value is -1.31. The molecule has 2 heteroatoms. The van der Waals surface area contributed by atoms with E-state index in [0.29, 0.717) is 12.3 Å². The van der Waals surface area contributed by atoms with Crippen LogP contribution in [0, 0.1) is 0 Å². The van der Waals surface area contributed by atoms with Gasteiger partial charge in [0.25, 0.3) is 0 Å². The van der Waals surface area contributed by atoms with Gasteiger partial charge < -0.3 is 5.73 Å². The topological polar surface area (TPSA) is 43.1 Å². The molecule has 1 amide bonds. The Balaban J connectivity index is 2.20. The van der Waals surface area contributed by atoms with Crippen LogP contribution >= 0.6 is 0 Å². The van der Waals surface area contributed by atoms with Crippen LogP contribution in [0.4, 0.5) is 0 Å². The first kappa shape index (κ1) is 11.2. The lowest BCUT2D eigenvalue weighted by Gasteiger charge is -2.24. The van der Waals surface area contributed by atoms with Crippen LogP contribution < -0.4 is 5.73 Å². The van der Waals surface area contributed by atoms with Crippen LogP contribution in [0.15, 0.2) is 24.3 Å². The number of amides is 1. The van der Waals surface area contributed by atoms with E-state index < -0.39 is 0 Å². The fraction of sp³-hybridized carbons (Fsp3) is 0.500. The lowest BCUT2D eigenvalue weighted by molar-refractivity contribution is -0.117. The van der Waals surface area contributed by atoms with E-state index in [2.05, 4.69) is 12.1 Å². The summed E-state index contributed by atoms with van der Waals surface area (Å²) in [5, 5.41) is 0. The summed E-state index contributed by atoms with van der Waals surface area (Å²) in [6.07, 6.45) is 6.89. The Morgan fingerprint density at radius 2 is 1.88 bits per heavy atom. The van der Waals surface area contributed by atoms with Crippen molar-refractivity contribution in [2.45, 2.75) is 44.4 Å². The molecule has 0 spiro atoms. The zero-order chi connectivity index (χ0) is 11.4. The number of hydrogen-bond acceptors (Lipinski definition) is 1. The van der Waals surface area contributed by atoms with Crippen molar-refractivity contribution in [1.29, 1.82) is 0 Å². The quantitative estimate of drug-likeness (QED) is 0.831. The minimum absolute atomic E-state index is 0.233. The minimum atomic E-state index is -0.233. The first-order valence-corrected chi connectivity index (χ1v) is 6.13. The fourth-order valence-corrected chi connectivity index (χ4v) is 2.69. The second-order valence-electron chi connectivity index (χ2n) is 4.68. The predicted octanol–water partition coefficient (Wildman–Crippen LogP) is 2.76. The molecule has 2 N–H and O–H groups in total. The summed E-state index contributed by atoms with van der Waals surface area (Å²) in [5.41, 5.74) is 7.76. The number of carbonyl (C=O) groups excluding carboxylic acids is 1. The SMILES string of the molecule is NC(=O)Cc1ccccc1C1CCCCC1. The summed E-state index contributed by atoms with van der Waals surface area (Å²) in [7, 11) is 0. The average molecular weight is 217 g/mol. The summed E-state index contributed by atoms with van der Waals surface area (Å²) in [5.74, 6) is 0.410. The number of nitrogens with two attached hydrogens (primary N) is 1. The van der Waals surface area contributed by atoms with Crippen LogP contribution in [0.25, 0.3) is 0 Å². The van der Waals surface area contributed by atoms with Crippen LogP contribution in [0.2, 0.25) is 0 Å². The maximum absolute atomic E-state index is 11.0. The molecule has 1 aliphatic rings. The lowest BCUT2D eigenvalue weighted by atomic mass is 9.81. The third kappa shape index (κ3) is 2.63. The van der Waals surface area contributed by atoms with E-state index >= 15 is 0 Å². The first-order chi connectivity index (χ1) is 7.77. The van der Waals surface area contributed by atoms with Gasteiger partial charge >= 0.3 is 0 Å². The molecule has 0 bridgehead atoms. The zero-order valence-electron chi connectivity index (χ0n) is 9.61. The third-order valence-electron chi connectivity index (χ3n) is 3.46. The third-order valence-corrected chi connectivity index (χ3v) is 3.46. The average Bonchev–Trinajstić information content (AvgIpc) is 2.30. The number of carbonyl (C=O) groups is 1. The van der Waals surface area contributed by atoms with Crippen molar-refractivity contribution >= 4 is 5.91 Å². The summed E-state index contributed by atoms with van der Waals surface area (Å²) in [6.45, 7) is 0. The van der Waals surface area contributed by atoms with Crippen LogP contribution in [-0.2, 0) is 11.2 Å². The molecule has 0 heterocycles. The first-order valence-electron chi connectivity index (χ1n) is 6.13. The van der Waals surface area contributed by atoms with Crippen LogP contribution in [0.5, 0.6) is 0 Å². The highest BCUT2D eigenvalue weighted by atomic mass is 16.1. The molecule has 2 rings (SSSR count). The van der Waals surface area contributed by atoms with Gasteiger partial charge in [-0.1, -0.05) is 43.5 Å². The molecule has 1 aliphatic carbocycles. The molecule has 2 nitrogen and oxygen atoms in total. The molecule has 86 valence electrons. The van der Waals surface area contributed by atoms with Gasteiger partial charge in [0.1, 0.15) is 0 Å². The number of primary amides is 1. The molecule has 0 aliphatic heterocycles.